The predicted molar refractivity (Wildman–Crippen MR) is 76.6 cm³/mol. The Morgan fingerprint density at radius 3 is 2.33 bits per heavy atom. The highest BCUT2D eigenvalue weighted by molar-refractivity contribution is 5.78. The second kappa shape index (κ2) is 7.13. The Labute approximate surface area is 112 Å². The van der Waals surface area contributed by atoms with Gasteiger partial charge in [0.2, 0.25) is 5.91 Å². The molecular formula is C15H30N2O. The highest BCUT2D eigenvalue weighted by atomic mass is 16.2. The normalized spacial score (nSPS) is 19.6. The van der Waals surface area contributed by atoms with E-state index < -0.39 is 0 Å². The molecule has 1 amide bonds. The number of amides is 1. The summed E-state index contributed by atoms with van der Waals surface area (Å²) in [7, 11) is 0. The maximum absolute atomic E-state index is 11.8. The average molecular weight is 254 g/mol. The molecule has 1 aliphatic rings. The van der Waals surface area contributed by atoms with Crippen LogP contribution in [0.5, 0.6) is 0 Å². The molecule has 1 unspecified atom stereocenters. The Kier molecular flexibility index (Phi) is 6.13. The zero-order valence-corrected chi connectivity index (χ0v) is 12.5. The summed E-state index contributed by atoms with van der Waals surface area (Å²) >= 11 is 0. The van der Waals surface area contributed by atoms with Crippen molar-refractivity contribution in [1.29, 1.82) is 0 Å². The molecule has 2 N–H and O–H groups in total. The van der Waals surface area contributed by atoms with Crippen LogP contribution in [0.25, 0.3) is 0 Å². The van der Waals surface area contributed by atoms with Crippen LogP contribution >= 0.6 is 0 Å². The fraction of sp³-hybridized carbons (Fsp3) is 0.933. The summed E-state index contributed by atoms with van der Waals surface area (Å²) in [5, 5.41) is 6.45. The molecule has 0 aromatic rings. The topological polar surface area (TPSA) is 41.1 Å². The fourth-order valence-electron chi connectivity index (χ4n) is 2.87. The van der Waals surface area contributed by atoms with Crippen molar-refractivity contribution in [2.24, 2.45) is 5.92 Å². The third-order valence-electron chi connectivity index (χ3n) is 3.70. The molecule has 1 atom stereocenters. The lowest BCUT2D eigenvalue weighted by Crippen LogP contribution is -2.48. The summed E-state index contributed by atoms with van der Waals surface area (Å²) < 4.78 is 0. The van der Waals surface area contributed by atoms with E-state index in [1.54, 1.807) is 0 Å². The van der Waals surface area contributed by atoms with Crippen LogP contribution in [-0.4, -0.2) is 24.0 Å². The second-order valence-corrected chi connectivity index (χ2v) is 6.59. The van der Waals surface area contributed by atoms with Crippen molar-refractivity contribution >= 4 is 5.91 Å². The molecule has 0 aromatic carbocycles. The summed E-state index contributed by atoms with van der Waals surface area (Å²) in [6.45, 7) is 8.72. The van der Waals surface area contributed by atoms with Gasteiger partial charge in [-0.1, -0.05) is 26.2 Å². The molecular weight excluding hydrogens is 224 g/mol. The van der Waals surface area contributed by atoms with Gasteiger partial charge in [-0.3, -0.25) is 4.79 Å². The number of nitrogens with one attached hydrogen (secondary N) is 2. The molecule has 0 heterocycles. The molecule has 1 fully saturated rings. The van der Waals surface area contributed by atoms with Crippen molar-refractivity contribution in [1.82, 2.24) is 10.6 Å². The van der Waals surface area contributed by atoms with Gasteiger partial charge in [-0.2, -0.15) is 0 Å². The van der Waals surface area contributed by atoms with Crippen molar-refractivity contribution in [2.45, 2.75) is 77.8 Å². The predicted octanol–water partition coefficient (Wildman–Crippen LogP) is 2.85. The minimum absolute atomic E-state index is 0.108. The monoisotopic (exact) mass is 254 g/mol. The van der Waals surface area contributed by atoms with Crippen LogP contribution in [0.2, 0.25) is 0 Å². The first-order valence-corrected chi connectivity index (χ1v) is 7.47. The van der Waals surface area contributed by atoms with Crippen LogP contribution in [0.4, 0.5) is 0 Å². The summed E-state index contributed by atoms with van der Waals surface area (Å²) in [5.74, 6) is 0.878. The molecule has 106 valence electrons. The van der Waals surface area contributed by atoms with E-state index in [1.807, 2.05) is 20.8 Å². The molecule has 0 spiro atoms. The number of rotatable bonds is 5. The average Bonchev–Trinajstić information content (AvgIpc) is 2.29. The fourth-order valence-corrected chi connectivity index (χ4v) is 2.87. The van der Waals surface area contributed by atoms with Gasteiger partial charge in [0.15, 0.2) is 0 Å². The van der Waals surface area contributed by atoms with Crippen LogP contribution in [0.15, 0.2) is 0 Å². The van der Waals surface area contributed by atoms with E-state index in [2.05, 4.69) is 17.6 Å². The lowest BCUT2D eigenvalue weighted by molar-refractivity contribution is -0.121. The van der Waals surface area contributed by atoms with Crippen LogP contribution in [0.3, 0.4) is 0 Å². The Morgan fingerprint density at radius 1 is 1.22 bits per heavy atom. The van der Waals surface area contributed by atoms with Gasteiger partial charge in [0, 0.05) is 11.6 Å². The van der Waals surface area contributed by atoms with Crippen molar-refractivity contribution < 1.29 is 4.79 Å². The minimum Gasteiger partial charge on any atom is -0.350 e. The molecule has 1 saturated carbocycles. The van der Waals surface area contributed by atoms with E-state index in [9.17, 15) is 4.79 Å². The molecule has 0 bridgehead atoms. The highest BCUT2D eigenvalue weighted by Crippen LogP contribution is 2.27. The first-order valence-electron chi connectivity index (χ1n) is 7.47. The van der Waals surface area contributed by atoms with Crippen LogP contribution in [-0.2, 0) is 4.79 Å². The molecule has 0 aromatic heterocycles. The van der Waals surface area contributed by atoms with Gasteiger partial charge in [-0.05, 0) is 46.0 Å². The minimum atomic E-state index is -0.134. The van der Waals surface area contributed by atoms with E-state index in [-0.39, 0.29) is 11.4 Å². The maximum atomic E-state index is 11.8. The van der Waals surface area contributed by atoms with Crippen LogP contribution in [0.1, 0.15) is 66.2 Å². The maximum Gasteiger partial charge on any atom is 0.234 e. The second-order valence-electron chi connectivity index (χ2n) is 6.59. The highest BCUT2D eigenvalue weighted by Gasteiger charge is 2.23. The van der Waals surface area contributed by atoms with Crippen molar-refractivity contribution in [3.63, 3.8) is 0 Å². The largest absolute Gasteiger partial charge is 0.350 e. The van der Waals surface area contributed by atoms with Gasteiger partial charge in [-0.15, -0.1) is 0 Å². The number of hydrogen-bond acceptors (Lipinski definition) is 2. The van der Waals surface area contributed by atoms with E-state index >= 15 is 0 Å². The lowest BCUT2D eigenvalue weighted by atomic mass is 9.83. The van der Waals surface area contributed by atoms with Gasteiger partial charge in [0.05, 0.1) is 6.54 Å². The van der Waals surface area contributed by atoms with E-state index in [0.717, 1.165) is 12.3 Å². The van der Waals surface area contributed by atoms with Crippen molar-refractivity contribution in [2.75, 3.05) is 6.54 Å². The van der Waals surface area contributed by atoms with Crippen LogP contribution < -0.4 is 10.6 Å². The molecule has 1 aliphatic carbocycles. The first kappa shape index (κ1) is 15.5. The Balaban J connectivity index is 2.32. The summed E-state index contributed by atoms with van der Waals surface area (Å²) in [6, 6.07) is 0.510. The van der Waals surface area contributed by atoms with Gasteiger partial charge in [0.25, 0.3) is 0 Å². The lowest BCUT2D eigenvalue weighted by Gasteiger charge is -2.30. The Hall–Kier alpha value is -0.570. The summed E-state index contributed by atoms with van der Waals surface area (Å²) in [4.78, 5) is 11.8. The third kappa shape index (κ3) is 5.85. The third-order valence-corrected chi connectivity index (χ3v) is 3.70. The molecule has 1 rings (SSSR count). The summed E-state index contributed by atoms with van der Waals surface area (Å²) in [6.07, 6.45) is 7.87. The van der Waals surface area contributed by atoms with Gasteiger partial charge in [-0.25, -0.2) is 0 Å². The van der Waals surface area contributed by atoms with E-state index in [1.165, 1.54) is 32.1 Å². The van der Waals surface area contributed by atoms with Crippen molar-refractivity contribution in [3.8, 4) is 0 Å². The zero-order chi connectivity index (χ0) is 13.6. The molecule has 3 heteroatoms. The number of carbonyl (C=O) groups is 1. The summed E-state index contributed by atoms with van der Waals surface area (Å²) in [5.41, 5.74) is -0.134. The molecule has 3 nitrogen and oxygen atoms in total. The van der Waals surface area contributed by atoms with Gasteiger partial charge >= 0.3 is 0 Å². The van der Waals surface area contributed by atoms with Crippen LogP contribution in [0, 0.1) is 5.92 Å². The molecule has 0 radical (unpaired) electrons. The standard InChI is InChI=1S/C15H30N2O/c1-5-13(12-9-7-6-8-10-12)16-11-14(18)17-15(2,3)4/h12-13,16H,5-11H2,1-4H3,(H,17,18). The molecule has 0 saturated heterocycles. The number of hydrogen-bond donors (Lipinski definition) is 2. The van der Waals surface area contributed by atoms with E-state index in [0.29, 0.717) is 12.6 Å². The first-order chi connectivity index (χ1) is 8.42. The zero-order valence-electron chi connectivity index (χ0n) is 12.5. The Bertz CT molecular complexity index is 252. The quantitative estimate of drug-likeness (QED) is 0.792. The number of carbonyl (C=O) groups excluding carboxylic acids is 1. The van der Waals surface area contributed by atoms with Crippen molar-refractivity contribution in [3.05, 3.63) is 0 Å². The van der Waals surface area contributed by atoms with Gasteiger partial charge < -0.3 is 10.6 Å². The van der Waals surface area contributed by atoms with E-state index in [4.69, 9.17) is 0 Å². The van der Waals surface area contributed by atoms with Gasteiger partial charge in [0.1, 0.15) is 0 Å². The molecule has 18 heavy (non-hydrogen) atoms. The molecule has 0 aliphatic heterocycles. The Morgan fingerprint density at radius 2 is 1.83 bits per heavy atom. The smallest absolute Gasteiger partial charge is 0.234 e. The SMILES string of the molecule is CCC(NCC(=O)NC(C)(C)C)C1CCCCC1.